The first-order valence-electron chi connectivity index (χ1n) is 9.32. The lowest BCUT2D eigenvalue weighted by molar-refractivity contribution is 0.198. The minimum absolute atomic E-state index is 0.0103. The Balaban J connectivity index is 1.71. The quantitative estimate of drug-likeness (QED) is 0.462. The zero-order valence-electron chi connectivity index (χ0n) is 16.4. The molecule has 30 heavy (non-hydrogen) atoms. The summed E-state index contributed by atoms with van der Waals surface area (Å²) in [6.07, 6.45) is 0.687. The molecule has 1 atom stereocenters. The lowest BCUT2D eigenvalue weighted by Crippen LogP contribution is -2.01. The molecule has 3 aromatic rings. The fourth-order valence-corrected chi connectivity index (χ4v) is 2.85. The predicted octanol–water partition coefficient (Wildman–Crippen LogP) is 5.97. The molecular formula is C24H21F3O3. The van der Waals surface area contributed by atoms with Crippen LogP contribution in [0.3, 0.4) is 0 Å². The van der Waals surface area contributed by atoms with Gasteiger partial charge in [0, 0.05) is 11.1 Å². The highest BCUT2D eigenvalue weighted by Crippen LogP contribution is 2.31. The van der Waals surface area contributed by atoms with Gasteiger partial charge in [0.2, 0.25) is 5.82 Å². The molecule has 0 aliphatic rings. The molecule has 1 unspecified atom stereocenters. The summed E-state index contributed by atoms with van der Waals surface area (Å²) in [4.78, 5) is 0. The highest BCUT2D eigenvalue weighted by Gasteiger charge is 2.16. The van der Waals surface area contributed by atoms with Crippen molar-refractivity contribution in [3.8, 4) is 22.6 Å². The summed E-state index contributed by atoms with van der Waals surface area (Å²) in [6, 6.07) is 13.6. The molecular weight excluding hydrogens is 393 g/mol. The van der Waals surface area contributed by atoms with Gasteiger partial charge < -0.3 is 14.6 Å². The smallest absolute Gasteiger partial charge is 0.201 e. The predicted molar refractivity (Wildman–Crippen MR) is 109 cm³/mol. The zero-order chi connectivity index (χ0) is 21.7. The van der Waals surface area contributed by atoms with Gasteiger partial charge in [0.25, 0.3) is 0 Å². The monoisotopic (exact) mass is 414 g/mol. The van der Waals surface area contributed by atoms with Crippen LogP contribution >= 0.6 is 0 Å². The number of halogens is 3. The van der Waals surface area contributed by atoms with E-state index in [9.17, 15) is 18.3 Å². The van der Waals surface area contributed by atoms with Crippen LogP contribution in [0.4, 0.5) is 13.2 Å². The van der Waals surface area contributed by atoms with Gasteiger partial charge in [0.05, 0.1) is 6.10 Å². The van der Waals surface area contributed by atoms with Gasteiger partial charge in [-0.25, -0.2) is 8.78 Å². The van der Waals surface area contributed by atoms with Gasteiger partial charge in [-0.2, -0.15) is 4.39 Å². The van der Waals surface area contributed by atoms with Crippen LogP contribution < -0.4 is 9.47 Å². The summed E-state index contributed by atoms with van der Waals surface area (Å²) < 4.78 is 53.3. The Bertz CT molecular complexity index is 1030. The van der Waals surface area contributed by atoms with E-state index in [1.807, 2.05) is 0 Å². The van der Waals surface area contributed by atoms with Crippen LogP contribution in [0.15, 0.2) is 67.3 Å². The van der Waals surface area contributed by atoms with Gasteiger partial charge in [-0.05, 0) is 48.4 Å². The summed E-state index contributed by atoms with van der Waals surface area (Å²) in [7, 11) is 0. The van der Waals surface area contributed by atoms with E-state index < -0.39 is 23.6 Å². The van der Waals surface area contributed by atoms with E-state index in [2.05, 4.69) is 6.58 Å². The third-order valence-corrected chi connectivity index (χ3v) is 4.52. The summed E-state index contributed by atoms with van der Waals surface area (Å²) in [5, 5.41) is 9.50. The summed E-state index contributed by atoms with van der Waals surface area (Å²) in [5.41, 5.74) is 1.37. The fraction of sp³-hybridized carbons (Fsp3) is 0.167. The second kappa shape index (κ2) is 9.50. The number of aliphatic hydroxyl groups excluding tert-OH is 1. The Morgan fingerprint density at radius 2 is 1.70 bits per heavy atom. The van der Waals surface area contributed by atoms with E-state index in [0.29, 0.717) is 22.4 Å². The molecule has 0 saturated heterocycles. The lowest BCUT2D eigenvalue weighted by atomic mass is 10.0. The van der Waals surface area contributed by atoms with Gasteiger partial charge in [-0.1, -0.05) is 36.9 Å². The maximum atomic E-state index is 14.4. The summed E-state index contributed by atoms with van der Waals surface area (Å²) in [5.74, 6) is -2.28. The molecule has 0 aliphatic heterocycles. The maximum Gasteiger partial charge on any atom is 0.201 e. The fourth-order valence-electron chi connectivity index (χ4n) is 2.85. The molecule has 156 valence electrons. The van der Waals surface area contributed by atoms with Crippen molar-refractivity contribution in [2.24, 2.45) is 0 Å². The van der Waals surface area contributed by atoms with Crippen molar-refractivity contribution in [3.63, 3.8) is 0 Å². The Kier molecular flexibility index (Phi) is 6.79. The van der Waals surface area contributed by atoms with Gasteiger partial charge >= 0.3 is 0 Å². The molecule has 1 N–H and O–H groups in total. The Morgan fingerprint density at radius 1 is 0.967 bits per heavy atom. The summed E-state index contributed by atoms with van der Waals surface area (Å²) >= 11 is 0. The third kappa shape index (κ3) is 4.83. The molecule has 0 amide bonds. The van der Waals surface area contributed by atoms with Gasteiger partial charge in [0.1, 0.15) is 24.8 Å². The van der Waals surface area contributed by atoms with Crippen molar-refractivity contribution >= 4 is 0 Å². The molecule has 3 aromatic carbocycles. The zero-order valence-corrected chi connectivity index (χ0v) is 16.4. The van der Waals surface area contributed by atoms with Crippen molar-refractivity contribution in [2.45, 2.75) is 19.6 Å². The van der Waals surface area contributed by atoms with Gasteiger partial charge in [-0.15, -0.1) is 0 Å². The number of benzene rings is 3. The van der Waals surface area contributed by atoms with Crippen LogP contribution in [0.5, 0.6) is 11.5 Å². The van der Waals surface area contributed by atoms with Crippen molar-refractivity contribution in [1.29, 1.82) is 0 Å². The number of hydrogen-bond acceptors (Lipinski definition) is 3. The maximum absolute atomic E-state index is 14.4. The standard InChI is InChI=1S/C24H21F3O3/c1-3-12-29-22-11-10-20(23(26)24(22)27)16-6-8-19(9-7-16)30-14-18-5-4-17(15(2)28)13-21(18)25/h3-11,13,15,28H,1,12,14H2,2H3. The normalized spacial score (nSPS) is 11.8. The number of aliphatic hydroxyl groups is 1. The van der Waals surface area contributed by atoms with Crippen molar-refractivity contribution in [1.82, 2.24) is 0 Å². The molecule has 0 bridgehead atoms. The topological polar surface area (TPSA) is 38.7 Å². The van der Waals surface area contributed by atoms with Crippen molar-refractivity contribution in [2.75, 3.05) is 6.61 Å². The SMILES string of the molecule is C=CCOc1ccc(-c2ccc(OCc3ccc(C(C)O)cc3F)cc2)c(F)c1F. The van der Waals surface area contributed by atoms with E-state index in [0.717, 1.165) is 0 Å². The average molecular weight is 414 g/mol. The van der Waals surface area contributed by atoms with Gasteiger partial charge in [0.15, 0.2) is 11.6 Å². The van der Waals surface area contributed by atoms with E-state index in [-0.39, 0.29) is 24.5 Å². The Hall–Kier alpha value is -3.25. The molecule has 0 radical (unpaired) electrons. The first-order chi connectivity index (χ1) is 14.4. The highest BCUT2D eigenvalue weighted by atomic mass is 19.2. The third-order valence-electron chi connectivity index (χ3n) is 4.52. The second-order valence-corrected chi connectivity index (χ2v) is 6.68. The van der Waals surface area contributed by atoms with Crippen LogP contribution in [-0.4, -0.2) is 11.7 Å². The van der Waals surface area contributed by atoms with E-state index in [1.165, 1.54) is 24.3 Å². The van der Waals surface area contributed by atoms with Gasteiger partial charge in [-0.3, -0.25) is 0 Å². The number of ether oxygens (including phenoxy) is 2. The molecule has 3 rings (SSSR count). The van der Waals surface area contributed by atoms with Crippen LogP contribution in [0.1, 0.15) is 24.2 Å². The molecule has 0 heterocycles. The molecule has 0 spiro atoms. The largest absolute Gasteiger partial charge is 0.489 e. The van der Waals surface area contributed by atoms with Crippen molar-refractivity contribution in [3.05, 3.63) is 95.8 Å². The second-order valence-electron chi connectivity index (χ2n) is 6.68. The number of rotatable bonds is 8. The van der Waals surface area contributed by atoms with E-state index in [1.54, 1.807) is 43.3 Å². The minimum atomic E-state index is -1.06. The molecule has 0 fully saturated rings. The highest BCUT2D eigenvalue weighted by molar-refractivity contribution is 5.66. The molecule has 0 aliphatic carbocycles. The van der Waals surface area contributed by atoms with Crippen molar-refractivity contribution < 1.29 is 27.8 Å². The first kappa shape index (κ1) is 21.5. The number of hydrogen-bond donors (Lipinski definition) is 1. The molecule has 6 heteroatoms. The minimum Gasteiger partial charge on any atom is -0.489 e. The molecule has 3 nitrogen and oxygen atoms in total. The van der Waals surface area contributed by atoms with Crippen LogP contribution in [-0.2, 0) is 6.61 Å². The van der Waals surface area contributed by atoms with Crippen LogP contribution in [0.2, 0.25) is 0 Å². The van der Waals surface area contributed by atoms with Crippen LogP contribution in [0, 0.1) is 17.5 Å². The average Bonchev–Trinajstić information content (AvgIpc) is 2.74. The lowest BCUT2D eigenvalue weighted by Gasteiger charge is -2.11. The molecule has 0 aromatic heterocycles. The summed E-state index contributed by atoms with van der Waals surface area (Å²) in [6.45, 7) is 5.09. The molecule has 0 saturated carbocycles. The first-order valence-corrected chi connectivity index (χ1v) is 9.32. The van der Waals surface area contributed by atoms with E-state index in [4.69, 9.17) is 9.47 Å². The Labute approximate surface area is 173 Å². The Morgan fingerprint density at radius 3 is 2.33 bits per heavy atom. The van der Waals surface area contributed by atoms with Crippen LogP contribution in [0.25, 0.3) is 11.1 Å². The van der Waals surface area contributed by atoms with E-state index >= 15 is 0 Å².